The van der Waals surface area contributed by atoms with Gasteiger partial charge in [0.05, 0.1) is 12.1 Å². The Kier molecular flexibility index (Phi) is 4.61. The summed E-state index contributed by atoms with van der Waals surface area (Å²) in [6, 6.07) is 8.25. The van der Waals surface area contributed by atoms with E-state index in [2.05, 4.69) is 31.3 Å². The van der Waals surface area contributed by atoms with Gasteiger partial charge in [0, 0.05) is 23.8 Å². The molecule has 0 spiro atoms. The van der Waals surface area contributed by atoms with Crippen LogP contribution in [0, 0.1) is 0 Å². The first-order valence-electron chi connectivity index (χ1n) is 7.02. The van der Waals surface area contributed by atoms with Crippen LogP contribution < -0.4 is 10.1 Å². The van der Waals surface area contributed by atoms with Crippen molar-refractivity contribution in [2.45, 2.75) is 33.1 Å². The van der Waals surface area contributed by atoms with E-state index in [1.165, 1.54) is 0 Å². The summed E-state index contributed by atoms with van der Waals surface area (Å²) < 4.78 is 5.68. The maximum absolute atomic E-state index is 5.68. The fourth-order valence-corrected chi connectivity index (χ4v) is 2.16. The molecule has 0 fully saturated rings. The molecule has 2 aromatic rings. The van der Waals surface area contributed by atoms with Crippen LogP contribution in [0.25, 0.3) is 10.9 Å². The van der Waals surface area contributed by atoms with Crippen molar-refractivity contribution >= 4 is 16.6 Å². The molecule has 0 aliphatic carbocycles. The third kappa shape index (κ3) is 3.16. The average molecular weight is 258 g/mol. The molecular formula is C16H22N2O. The van der Waals surface area contributed by atoms with E-state index >= 15 is 0 Å². The molecule has 0 atom stereocenters. The Morgan fingerprint density at radius 1 is 1.16 bits per heavy atom. The molecule has 0 saturated heterocycles. The summed E-state index contributed by atoms with van der Waals surface area (Å²) in [7, 11) is 1.95. The number of hydrogen-bond donors (Lipinski definition) is 1. The van der Waals surface area contributed by atoms with Crippen LogP contribution in [0.1, 0.15) is 32.4 Å². The van der Waals surface area contributed by atoms with E-state index in [0.29, 0.717) is 0 Å². The van der Waals surface area contributed by atoms with Crippen LogP contribution in [0.4, 0.5) is 5.69 Å². The molecule has 0 aliphatic rings. The Morgan fingerprint density at radius 3 is 2.68 bits per heavy atom. The quantitative estimate of drug-likeness (QED) is 0.849. The number of rotatable bonds is 6. The predicted molar refractivity (Wildman–Crippen MR) is 81.1 cm³/mol. The second kappa shape index (κ2) is 6.41. The van der Waals surface area contributed by atoms with Crippen molar-refractivity contribution in [1.82, 2.24) is 4.98 Å². The van der Waals surface area contributed by atoms with E-state index in [9.17, 15) is 0 Å². The van der Waals surface area contributed by atoms with E-state index in [4.69, 9.17) is 9.72 Å². The number of fused-ring (bicyclic) bond motifs is 1. The van der Waals surface area contributed by atoms with Crippen LogP contribution in [-0.2, 0) is 6.42 Å². The summed E-state index contributed by atoms with van der Waals surface area (Å²) >= 11 is 0. The molecule has 1 aromatic heterocycles. The highest BCUT2D eigenvalue weighted by molar-refractivity contribution is 5.92. The Hall–Kier alpha value is -1.77. The van der Waals surface area contributed by atoms with Gasteiger partial charge >= 0.3 is 0 Å². The molecule has 19 heavy (non-hydrogen) atoms. The van der Waals surface area contributed by atoms with Crippen LogP contribution in [0.15, 0.2) is 24.3 Å². The second-order valence-corrected chi connectivity index (χ2v) is 4.69. The standard InChI is InChI=1S/C16H22N2O/c1-4-6-12-10-16(17-3)14-11-13(19-9-5-2)7-8-15(14)18-12/h7-8,10-11H,4-6,9H2,1-3H3,(H,17,18). The lowest BCUT2D eigenvalue weighted by molar-refractivity contribution is 0.318. The van der Waals surface area contributed by atoms with Crippen molar-refractivity contribution in [2.24, 2.45) is 0 Å². The Bertz CT molecular complexity index is 552. The number of hydrogen-bond acceptors (Lipinski definition) is 3. The topological polar surface area (TPSA) is 34.1 Å². The first kappa shape index (κ1) is 13.7. The molecule has 0 bridgehead atoms. The van der Waals surface area contributed by atoms with E-state index in [1.807, 2.05) is 19.2 Å². The summed E-state index contributed by atoms with van der Waals surface area (Å²) in [6.07, 6.45) is 3.14. The van der Waals surface area contributed by atoms with Gasteiger partial charge in [0.1, 0.15) is 5.75 Å². The zero-order chi connectivity index (χ0) is 13.7. The van der Waals surface area contributed by atoms with E-state index in [0.717, 1.165) is 53.9 Å². The molecular weight excluding hydrogens is 236 g/mol. The molecule has 0 amide bonds. The van der Waals surface area contributed by atoms with Gasteiger partial charge in [-0.25, -0.2) is 0 Å². The van der Waals surface area contributed by atoms with Gasteiger partial charge in [-0.05, 0) is 37.1 Å². The fourth-order valence-electron chi connectivity index (χ4n) is 2.16. The summed E-state index contributed by atoms with van der Waals surface area (Å²) in [5.74, 6) is 0.913. The van der Waals surface area contributed by atoms with Crippen LogP contribution in [0.2, 0.25) is 0 Å². The third-order valence-corrected chi connectivity index (χ3v) is 3.08. The average Bonchev–Trinajstić information content (AvgIpc) is 2.44. The van der Waals surface area contributed by atoms with Gasteiger partial charge in [0.25, 0.3) is 0 Å². The molecule has 1 aromatic carbocycles. The maximum atomic E-state index is 5.68. The number of anilines is 1. The lowest BCUT2D eigenvalue weighted by Crippen LogP contribution is -1.98. The highest BCUT2D eigenvalue weighted by Crippen LogP contribution is 2.27. The number of pyridine rings is 1. The fraction of sp³-hybridized carbons (Fsp3) is 0.438. The smallest absolute Gasteiger partial charge is 0.120 e. The van der Waals surface area contributed by atoms with Gasteiger partial charge in [-0.2, -0.15) is 0 Å². The molecule has 102 valence electrons. The SMILES string of the molecule is CCCOc1ccc2nc(CCC)cc(NC)c2c1. The molecule has 0 radical (unpaired) electrons. The highest BCUT2D eigenvalue weighted by Gasteiger charge is 2.06. The summed E-state index contributed by atoms with van der Waals surface area (Å²) in [6.45, 7) is 5.03. The Labute approximate surface area is 115 Å². The molecule has 0 unspecified atom stereocenters. The van der Waals surface area contributed by atoms with Gasteiger partial charge < -0.3 is 10.1 Å². The van der Waals surface area contributed by atoms with Gasteiger partial charge in [-0.1, -0.05) is 20.3 Å². The van der Waals surface area contributed by atoms with Crippen molar-refractivity contribution in [1.29, 1.82) is 0 Å². The highest BCUT2D eigenvalue weighted by atomic mass is 16.5. The lowest BCUT2D eigenvalue weighted by atomic mass is 10.1. The van der Waals surface area contributed by atoms with E-state index < -0.39 is 0 Å². The predicted octanol–water partition coefficient (Wildman–Crippen LogP) is 4.02. The summed E-state index contributed by atoms with van der Waals surface area (Å²) in [4.78, 5) is 4.70. The zero-order valence-electron chi connectivity index (χ0n) is 12.0. The van der Waals surface area contributed by atoms with Crippen LogP contribution in [-0.4, -0.2) is 18.6 Å². The molecule has 1 N–H and O–H groups in total. The van der Waals surface area contributed by atoms with Crippen molar-refractivity contribution in [3.63, 3.8) is 0 Å². The van der Waals surface area contributed by atoms with Crippen LogP contribution in [0.3, 0.4) is 0 Å². The van der Waals surface area contributed by atoms with Gasteiger partial charge in [-0.3, -0.25) is 4.98 Å². The lowest BCUT2D eigenvalue weighted by Gasteiger charge is -2.11. The molecule has 2 rings (SSSR count). The molecule has 1 heterocycles. The number of aryl methyl sites for hydroxylation is 1. The van der Waals surface area contributed by atoms with E-state index in [1.54, 1.807) is 0 Å². The molecule has 3 nitrogen and oxygen atoms in total. The van der Waals surface area contributed by atoms with E-state index in [-0.39, 0.29) is 0 Å². The number of ether oxygens (including phenoxy) is 1. The van der Waals surface area contributed by atoms with Gasteiger partial charge in [0.15, 0.2) is 0 Å². The number of benzene rings is 1. The number of aromatic nitrogens is 1. The Morgan fingerprint density at radius 2 is 2.00 bits per heavy atom. The van der Waals surface area contributed by atoms with Crippen molar-refractivity contribution < 1.29 is 4.74 Å². The second-order valence-electron chi connectivity index (χ2n) is 4.69. The minimum absolute atomic E-state index is 0.752. The van der Waals surface area contributed by atoms with Crippen LogP contribution >= 0.6 is 0 Å². The number of nitrogens with one attached hydrogen (secondary N) is 1. The minimum Gasteiger partial charge on any atom is -0.494 e. The maximum Gasteiger partial charge on any atom is 0.120 e. The largest absolute Gasteiger partial charge is 0.494 e. The van der Waals surface area contributed by atoms with Gasteiger partial charge in [-0.15, -0.1) is 0 Å². The third-order valence-electron chi connectivity index (χ3n) is 3.08. The monoisotopic (exact) mass is 258 g/mol. The number of nitrogens with zero attached hydrogens (tertiary/aromatic N) is 1. The molecule has 0 saturated carbocycles. The first-order chi connectivity index (χ1) is 9.28. The molecule has 3 heteroatoms. The summed E-state index contributed by atoms with van der Waals surface area (Å²) in [5, 5.41) is 4.38. The van der Waals surface area contributed by atoms with Gasteiger partial charge in [0.2, 0.25) is 0 Å². The first-order valence-corrected chi connectivity index (χ1v) is 7.02. The van der Waals surface area contributed by atoms with Crippen molar-refractivity contribution in [2.75, 3.05) is 19.0 Å². The summed E-state index contributed by atoms with van der Waals surface area (Å²) in [5.41, 5.74) is 3.29. The van der Waals surface area contributed by atoms with Crippen LogP contribution in [0.5, 0.6) is 5.75 Å². The van der Waals surface area contributed by atoms with Crippen molar-refractivity contribution in [3.05, 3.63) is 30.0 Å². The molecule has 0 aliphatic heterocycles. The Balaban J connectivity index is 2.43. The van der Waals surface area contributed by atoms with Crippen molar-refractivity contribution in [3.8, 4) is 5.75 Å². The zero-order valence-corrected chi connectivity index (χ0v) is 12.0. The normalized spacial score (nSPS) is 10.7. The minimum atomic E-state index is 0.752.